The molecule has 1 saturated carbocycles. The maximum atomic E-state index is 14.6. The zero-order chi connectivity index (χ0) is 44.3. The van der Waals surface area contributed by atoms with Crippen molar-refractivity contribution in [3.63, 3.8) is 0 Å². The first-order valence-electron chi connectivity index (χ1n) is 21.4. The van der Waals surface area contributed by atoms with E-state index < -0.39 is 77.6 Å². The highest BCUT2D eigenvalue weighted by Gasteiger charge is 2.39. The first-order chi connectivity index (χ1) is 29.7. The van der Waals surface area contributed by atoms with E-state index in [-0.39, 0.29) is 62.9 Å². The molecule has 0 spiro atoms. The highest BCUT2D eigenvalue weighted by atomic mass is 16.2. The normalized spacial score (nSPS) is 25.2. The Balaban J connectivity index is 1.36. The number of para-hydroxylation sites is 1. The number of H-pyrrole nitrogens is 1. The Morgan fingerprint density at radius 1 is 0.839 bits per heavy atom. The second-order valence-electron chi connectivity index (χ2n) is 16.5. The number of amides is 7. The summed E-state index contributed by atoms with van der Waals surface area (Å²) in [5.41, 5.74) is 18.5. The second kappa shape index (κ2) is 20.8. The number of benzene rings is 1. The van der Waals surface area contributed by atoms with E-state index in [1.807, 2.05) is 24.3 Å². The number of carbonyl (C=O) groups excluding carboxylic acids is 7. The van der Waals surface area contributed by atoms with Crippen LogP contribution in [0, 0.1) is 5.92 Å². The van der Waals surface area contributed by atoms with Crippen LogP contribution in [0.25, 0.3) is 10.9 Å². The molecule has 12 N–H and O–H groups in total. The van der Waals surface area contributed by atoms with Gasteiger partial charge in [-0.15, -0.1) is 5.10 Å². The monoisotopic (exact) mass is 858 g/mol. The van der Waals surface area contributed by atoms with Gasteiger partial charge in [-0.2, -0.15) is 0 Å². The summed E-state index contributed by atoms with van der Waals surface area (Å²) in [4.78, 5) is 105. The third kappa shape index (κ3) is 11.8. The minimum atomic E-state index is -1.31. The number of primary amides is 1. The van der Waals surface area contributed by atoms with E-state index in [2.05, 4.69) is 46.9 Å². The lowest BCUT2D eigenvalue weighted by molar-refractivity contribution is -0.142. The molecule has 2 bridgehead atoms. The Morgan fingerprint density at radius 3 is 2.31 bits per heavy atom. The number of nitrogens with zero attached hydrogens (tertiary/aromatic N) is 5. The van der Waals surface area contributed by atoms with Crippen LogP contribution in [0.2, 0.25) is 0 Å². The Hall–Kier alpha value is -6.54. The van der Waals surface area contributed by atoms with Gasteiger partial charge in [-0.25, -0.2) is 4.68 Å². The SMILES string of the molecule is C[C@@H]1NC(=O)Cn2cc(nn2)C[C@@H](C(N)=O)NC(=O)C(CCCN=C(N)N)NC(=O)[C@H](Cc2c[nH]c3ccccc23)NC(=O)[C@@H](CC2CCCCC2)NC(=O)[C@@H]2CCCN2C1=O. The maximum Gasteiger partial charge on any atom is 0.245 e. The van der Waals surface area contributed by atoms with Gasteiger partial charge in [0.1, 0.15) is 42.8 Å². The molecule has 21 nitrogen and oxygen atoms in total. The lowest BCUT2D eigenvalue weighted by Gasteiger charge is -2.31. The quantitative estimate of drug-likeness (QED) is 0.0678. The van der Waals surface area contributed by atoms with Crippen LogP contribution in [-0.2, 0) is 52.9 Å². The smallest absolute Gasteiger partial charge is 0.245 e. The number of aromatic amines is 1. The Bertz CT molecular complexity index is 2140. The van der Waals surface area contributed by atoms with E-state index >= 15 is 0 Å². The van der Waals surface area contributed by atoms with E-state index in [9.17, 15) is 33.6 Å². The van der Waals surface area contributed by atoms with Gasteiger partial charge in [0, 0.05) is 49.2 Å². The fourth-order valence-electron chi connectivity index (χ4n) is 8.56. The molecule has 1 aromatic carbocycles. The molecule has 2 fully saturated rings. The van der Waals surface area contributed by atoms with E-state index in [0.717, 1.165) is 43.0 Å². The minimum Gasteiger partial charge on any atom is -0.370 e. The number of fused-ring (bicyclic) bond motifs is 4. The second-order valence-corrected chi connectivity index (χ2v) is 16.5. The molecule has 1 aliphatic carbocycles. The first-order valence-corrected chi connectivity index (χ1v) is 21.4. The lowest BCUT2D eigenvalue weighted by atomic mass is 9.84. The summed E-state index contributed by atoms with van der Waals surface area (Å²) >= 11 is 0. The van der Waals surface area contributed by atoms with Gasteiger partial charge in [0.2, 0.25) is 41.4 Å². The van der Waals surface area contributed by atoms with Gasteiger partial charge in [0.25, 0.3) is 0 Å². The predicted molar refractivity (Wildman–Crippen MR) is 226 cm³/mol. The number of aromatic nitrogens is 4. The van der Waals surface area contributed by atoms with Crippen LogP contribution in [0.1, 0.15) is 82.4 Å². The van der Waals surface area contributed by atoms with Crippen molar-refractivity contribution in [1.29, 1.82) is 0 Å². The number of nitrogens with two attached hydrogens (primary N) is 3. The van der Waals surface area contributed by atoms with Crippen LogP contribution in [0.15, 0.2) is 41.7 Å². The van der Waals surface area contributed by atoms with Gasteiger partial charge in [-0.3, -0.25) is 38.6 Å². The van der Waals surface area contributed by atoms with Gasteiger partial charge in [-0.1, -0.05) is 55.5 Å². The van der Waals surface area contributed by atoms with E-state index in [1.54, 1.807) is 6.20 Å². The summed E-state index contributed by atoms with van der Waals surface area (Å²) in [6.45, 7) is 1.59. The number of hydrogen-bond acceptors (Lipinski definition) is 10. The van der Waals surface area contributed by atoms with Crippen LogP contribution in [0.4, 0.5) is 0 Å². The zero-order valence-corrected chi connectivity index (χ0v) is 34.9. The van der Waals surface area contributed by atoms with Crippen molar-refractivity contribution in [2.45, 2.75) is 127 Å². The Morgan fingerprint density at radius 2 is 1.55 bits per heavy atom. The third-order valence-corrected chi connectivity index (χ3v) is 11.8. The summed E-state index contributed by atoms with van der Waals surface area (Å²) in [6, 6.07) is 0.692. The van der Waals surface area contributed by atoms with Crippen molar-refractivity contribution < 1.29 is 33.6 Å². The van der Waals surface area contributed by atoms with Crippen LogP contribution in [0.3, 0.4) is 0 Å². The van der Waals surface area contributed by atoms with Crippen molar-refractivity contribution in [3.8, 4) is 0 Å². The number of guanidine groups is 1. The molecule has 1 saturated heterocycles. The van der Waals surface area contributed by atoms with Crippen molar-refractivity contribution in [1.82, 2.24) is 51.5 Å². The molecule has 6 atom stereocenters. The summed E-state index contributed by atoms with van der Waals surface area (Å²) in [6.07, 6.45) is 9.16. The summed E-state index contributed by atoms with van der Waals surface area (Å²) in [5, 5.41) is 22.8. The molecule has 3 aromatic rings. The van der Waals surface area contributed by atoms with Crippen LogP contribution >= 0.6 is 0 Å². The number of rotatable bonds is 9. The molecule has 21 heteroatoms. The highest BCUT2D eigenvalue weighted by molar-refractivity contribution is 5.97. The largest absolute Gasteiger partial charge is 0.370 e. The molecular formula is C41H58N14O7. The van der Waals surface area contributed by atoms with Crippen LogP contribution in [0.5, 0.6) is 0 Å². The zero-order valence-electron chi connectivity index (χ0n) is 34.9. The van der Waals surface area contributed by atoms with Gasteiger partial charge in [0.05, 0.1) is 5.69 Å². The van der Waals surface area contributed by atoms with Crippen molar-refractivity contribution in [2.24, 2.45) is 28.1 Å². The van der Waals surface area contributed by atoms with Gasteiger partial charge in [-0.05, 0) is 56.6 Å². The predicted octanol–water partition coefficient (Wildman–Crippen LogP) is -1.50. The topological polar surface area (TPSA) is 320 Å². The fourth-order valence-corrected chi connectivity index (χ4v) is 8.56. The molecule has 2 aromatic heterocycles. The summed E-state index contributed by atoms with van der Waals surface area (Å²) < 4.78 is 1.21. The summed E-state index contributed by atoms with van der Waals surface area (Å²) in [7, 11) is 0. The molecule has 6 rings (SSSR count). The molecule has 4 heterocycles. The van der Waals surface area contributed by atoms with E-state index in [1.165, 1.54) is 22.7 Å². The lowest BCUT2D eigenvalue weighted by Crippen LogP contribution is -2.60. The van der Waals surface area contributed by atoms with Gasteiger partial charge >= 0.3 is 0 Å². The van der Waals surface area contributed by atoms with Crippen LogP contribution in [-0.4, -0.2) is 122 Å². The average molecular weight is 859 g/mol. The molecule has 0 radical (unpaired) electrons. The van der Waals surface area contributed by atoms with Crippen molar-refractivity contribution in [2.75, 3.05) is 13.1 Å². The van der Waals surface area contributed by atoms with Gasteiger partial charge < -0.3 is 53.7 Å². The molecule has 1 unspecified atom stereocenters. The highest BCUT2D eigenvalue weighted by Crippen LogP contribution is 2.28. The third-order valence-electron chi connectivity index (χ3n) is 11.8. The fraction of sp³-hybridized carbons (Fsp3) is 0.561. The first kappa shape index (κ1) is 45.0. The minimum absolute atomic E-state index is 0.00209. The number of aliphatic imine (C=N–C) groups is 1. The van der Waals surface area contributed by atoms with E-state index in [0.29, 0.717) is 24.8 Å². The number of nitrogens with one attached hydrogen (secondary N) is 6. The molecule has 62 heavy (non-hydrogen) atoms. The van der Waals surface area contributed by atoms with Crippen molar-refractivity contribution >= 4 is 58.2 Å². The number of hydrogen-bond donors (Lipinski definition) is 9. The maximum absolute atomic E-state index is 14.6. The molecule has 3 aliphatic rings. The molecule has 334 valence electrons. The Kier molecular flexibility index (Phi) is 15.1. The molecule has 2 aliphatic heterocycles. The summed E-state index contributed by atoms with van der Waals surface area (Å²) in [5.74, 6) is -4.54. The molecular weight excluding hydrogens is 801 g/mol. The standard InChI is InChI=1S/C41H58N14O7/c1-23-40(62)55-16-8-14-33(55)39(61)51-31(17-24-9-3-2-4-10-24)37(59)50-32(18-25-20-46-28-12-6-5-11-27(25)28)38(60)48-29(13-7-15-45-41(43)44)36(58)49-30(35(42)57)19-26-21-54(53-52-26)22-34(56)47-23/h5-6,11-12,20-21,23-24,29-33,46H,2-4,7-10,13-19,22H2,1H3,(H2,42,57)(H,47,56)(H,48,60)(H,49,58)(H,50,59)(H,51,61)(H4,43,44,45)/t23-,29?,30-,31+,32-,33-/m0/s1. The Labute approximate surface area is 358 Å². The number of carbonyl (C=O) groups is 7. The van der Waals surface area contributed by atoms with Crippen LogP contribution < -0.4 is 43.8 Å². The van der Waals surface area contributed by atoms with Gasteiger partial charge in [0.15, 0.2) is 5.96 Å². The average Bonchev–Trinajstić information content (AvgIpc) is 4.01. The van der Waals surface area contributed by atoms with Crippen molar-refractivity contribution in [3.05, 3.63) is 47.9 Å². The van der Waals surface area contributed by atoms with E-state index in [4.69, 9.17) is 17.2 Å². The molecule has 7 amide bonds.